The summed E-state index contributed by atoms with van der Waals surface area (Å²) in [4.78, 5) is 22.7. The van der Waals surface area contributed by atoms with Gasteiger partial charge in [0.1, 0.15) is 6.10 Å². The fourth-order valence-electron chi connectivity index (χ4n) is 1.61. The summed E-state index contributed by atoms with van der Waals surface area (Å²) in [6, 6.07) is 0. The highest BCUT2D eigenvalue weighted by Crippen LogP contribution is 2.11. The Morgan fingerprint density at radius 2 is 1.63 bits per heavy atom. The number of carbonyl (C=O) groups excluding carboxylic acids is 2. The molecule has 0 amide bonds. The van der Waals surface area contributed by atoms with E-state index in [-0.39, 0.29) is 6.10 Å². The third-order valence-electron chi connectivity index (χ3n) is 2.58. The molecule has 0 bridgehead atoms. The fourth-order valence-corrected chi connectivity index (χ4v) is 1.61. The van der Waals surface area contributed by atoms with Crippen LogP contribution < -0.4 is 0 Å². The molecule has 0 fully saturated rings. The Kier molecular flexibility index (Phi) is 10.9. The van der Waals surface area contributed by atoms with Crippen molar-refractivity contribution in [3.63, 3.8) is 0 Å². The van der Waals surface area contributed by atoms with Crippen LogP contribution in [0.1, 0.15) is 59.3 Å². The smallest absolute Gasteiger partial charge is 0.331 e. The Bertz CT molecular complexity index is 284. The molecule has 0 aromatic carbocycles. The first-order valence-electron chi connectivity index (χ1n) is 7.19. The van der Waals surface area contributed by atoms with Crippen molar-refractivity contribution in [1.29, 1.82) is 0 Å². The van der Waals surface area contributed by atoms with E-state index in [9.17, 15) is 9.59 Å². The first kappa shape index (κ1) is 17.7. The number of esters is 2. The number of unbranched alkanes of at least 4 members (excludes halogenated alkanes) is 1. The van der Waals surface area contributed by atoms with Gasteiger partial charge in [-0.3, -0.25) is 0 Å². The molecular formula is C15H26O4. The fraction of sp³-hybridized carbons (Fsp3) is 0.733. The molecule has 0 spiro atoms. The molecular weight excluding hydrogens is 244 g/mol. The third-order valence-corrected chi connectivity index (χ3v) is 2.58. The maximum absolute atomic E-state index is 11.6. The van der Waals surface area contributed by atoms with Gasteiger partial charge >= 0.3 is 11.9 Å². The van der Waals surface area contributed by atoms with E-state index in [1.54, 1.807) is 0 Å². The van der Waals surface area contributed by atoms with Gasteiger partial charge in [-0.05, 0) is 19.3 Å². The summed E-state index contributed by atoms with van der Waals surface area (Å²) in [5, 5.41) is 0. The molecule has 4 nitrogen and oxygen atoms in total. The lowest BCUT2D eigenvalue weighted by molar-refractivity contribution is -0.144. The van der Waals surface area contributed by atoms with Crippen LogP contribution in [0.5, 0.6) is 0 Å². The van der Waals surface area contributed by atoms with Crippen LogP contribution in [0.4, 0.5) is 0 Å². The summed E-state index contributed by atoms with van der Waals surface area (Å²) in [5.74, 6) is -0.970. The van der Waals surface area contributed by atoms with Gasteiger partial charge in [-0.2, -0.15) is 0 Å². The van der Waals surface area contributed by atoms with Gasteiger partial charge in [0.2, 0.25) is 0 Å². The Morgan fingerprint density at radius 1 is 0.947 bits per heavy atom. The topological polar surface area (TPSA) is 52.6 Å². The zero-order chi connectivity index (χ0) is 14.5. The summed E-state index contributed by atoms with van der Waals surface area (Å²) < 4.78 is 10.1. The number of hydrogen-bond acceptors (Lipinski definition) is 4. The van der Waals surface area contributed by atoms with Gasteiger partial charge in [-0.25, -0.2) is 9.59 Å². The molecule has 0 heterocycles. The van der Waals surface area contributed by atoms with E-state index in [1.165, 1.54) is 0 Å². The van der Waals surface area contributed by atoms with Gasteiger partial charge in [-0.15, -0.1) is 0 Å². The van der Waals surface area contributed by atoms with Gasteiger partial charge in [0.05, 0.1) is 6.61 Å². The molecule has 1 unspecified atom stereocenters. The highest BCUT2D eigenvalue weighted by Gasteiger charge is 2.11. The molecule has 0 N–H and O–H groups in total. The van der Waals surface area contributed by atoms with E-state index >= 15 is 0 Å². The van der Waals surface area contributed by atoms with Crippen molar-refractivity contribution in [2.24, 2.45) is 0 Å². The van der Waals surface area contributed by atoms with E-state index < -0.39 is 11.9 Å². The van der Waals surface area contributed by atoms with Crippen LogP contribution >= 0.6 is 0 Å². The minimum atomic E-state index is -0.501. The second kappa shape index (κ2) is 11.8. The Hall–Kier alpha value is -1.32. The zero-order valence-corrected chi connectivity index (χ0v) is 12.3. The Labute approximate surface area is 116 Å². The largest absolute Gasteiger partial charge is 0.463 e. The standard InChI is InChI=1S/C15H26O4/c1-4-7-9-13(8-5-2)19-15(17)11-10-14(16)18-12-6-3/h10-11,13H,4-9,12H2,1-3H3/b11-10+. The molecule has 0 aliphatic heterocycles. The SMILES string of the molecule is CCCCC(CCC)OC(=O)/C=C/C(=O)OCCC. The second-order valence-electron chi connectivity index (χ2n) is 4.49. The lowest BCUT2D eigenvalue weighted by Gasteiger charge is -2.15. The van der Waals surface area contributed by atoms with E-state index in [0.717, 1.165) is 50.7 Å². The Morgan fingerprint density at radius 3 is 2.21 bits per heavy atom. The monoisotopic (exact) mass is 270 g/mol. The van der Waals surface area contributed by atoms with Gasteiger partial charge in [0.25, 0.3) is 0 Å². The van der Waals surface area contributed by atoms with Crippen LogP contribution in [0, 0.1) is 0 Å². The molecule has 19 heavy (non-hydrogen) atoms. The van der Waals surface area contributed by atoms with Crippen molar-refractivity contribution in [1.82, 2.24) is 0 Å². The quantitative estimate of drug-likeness (QED) is 0.451. The van der Waals surface area contributed by atoms with Crippen molar-refractivity contribution in [2.45, 2.75) is 65.4 Å². The highest BCUT2D eigenvalue weighted by atomic mass is 16.5. The second-order valence-corrected chi connectivity index (χ2v) is 4.49. The molecule has 0 aromatic rings. The van der Waals surface area contributed by atoms with Crippen molar-refractivity contribution in [3.05, 3.63) is 12.2 Å². The summed E-state index contributed by atoms with van der Waals surface area (Å²) in [6.45, 7) is 6.45. The van der Waals surface area contributed by atoms with E-state index in [4.69, 9.17) is 9.47 Å². The first-order valence-corrected chi connectivity index (χ1v) is 7.19. The predicted octanol–water partition coefficient (Wildman–Crippen LogP) is 3.40. The van der Waals surface area contributed by atoms with Crippen LogP contribution in [-0.2, 0) is 19.1 Å². The van der Waals surface area contributed by atoms with Gasteiger partial charge in [0.15, 0.2) is 0 Å². The van der Waals surface area contributed by atoms with Gasteiger partial charge < -0.3 is 9.47 Å². The van der Waals surface area contributed by atoms with Gasteiger partial charge in [-0.1, -0.05) is 40.0 Å². The van der Waals surface area contributed by atoms with Crippen LogP contribution in [0.2, 0.25) is 0 Å². The van der Waals surface area contributed by atoms with Crippen molar-refractivity contribution < 1.29 is 19.1 Å². The van der Waals surface area contributed by atoms with Crippen molar-refractivity contribution in [2.75, 3.05) is 6.61 Å². The maximum Gasteiger partial charge on any atom is 0.331 e. The molecule has 110 valence electrons. The third kappa shape index (κ3) is 10.3. The molecule has 0 aliphatic rings. The maximum atomic E-state index is 11.6. The summed E-state index contributed by atoms with van der Waals surface area (Å²) in [6.07, 6.45) is 7.83. The minimum absolute atomic E-state index is 0.0474. The summed E-state index contributed by atoms with van der Waals surface area (Å²) in [5.41, 5.74) is 0. The molecule has 1 atom stereocenters. The van der Waals surface area contributed by atoms with Crippen LogP contribution in [0.15, 0.2) is 12.2 Å². The van der Waals surface area contributed by atoms with Crippen LogP contribution in [-0.4, -0.2) is 24.6 Å². The van der Waals surface area contributed by atoms with Crippen molar-refractivity contribution >= 4 is 11.9 Å². The van der Waals surface area contributed by atoms with Crippen LogP contribution in [0.25, 0.3) is 0 Å². The molecule has 4 heteroatoms. The van der Waals surface area contributed by atoms with Gasteiger partial charge in [0, 0.05) is 12.2 Å². The zero-order valence-electron chi connectivity index (χ0n) is 12.3. The number of hydrogen-bond donors (Lipinski definition) is 0. The molecule has 0 radical (unpaired) electrons. The summed E-state index contributed by atoms with van der Waals surface area (Å²) in [7, 11) is 0. The Balaban J connectivity index is 4.09. The average molecular weight is 270 g/mol. The molecule has 0 saturated heterocycles. The summed E-state index contributed by atoms with van der Waals surface area (Å²) >= 11 is 0. The lowest BCUT2D eigenvalue weighted by atomic mass is 10.1. The van der Waals surface area contributed by atoms with Crippen LogP contribution in [0.3, 0.4) is 0 Å². The number of ether oxygens (including phenoxy) is 2. The molecule has 0 saturated carbocycles. The average Bonchev–Trinajstić information content (AvgIpc) is 2.40. The molecule has 0 aliphatic carbocycles. The van der Waals surface area contributed by atoms with E-state index in [1.807, 2.05) is 6.92 Å². The highest BCUT2D eigenvalue weighted by molar-refractivity contribution is 5.91. The lowest BCUT2D eigenvalue weighted by Crippen LogP contribution is -2.17. The normalized spacial score (nSPS) is 12.4. The minimum Gasteiger partial charge on any atom is -0.463 e. The number of carbonyl (C=O) groups is 2. The number of rotatable bonds is 10. The van der Waals surface area contributed by atoms with E-state index in [0.29, 0.717) is 6.61 Å². The first-order chi connectivity index (χ1) is 9.13. The molecule has 0 rings (SSSR count). The predicted molar refractivity (Wildman–Crippen MR) is 74.7 cm³/mol. The van der Waals surface area contributed by atoms with E-state index in [2.05, 4.69) is 13.8 Å². The molecule has 0 aromatic heterocycles. The van der Waals surface area contributed by atoms with Crippen molar-refractivity contribution in [3.8, 4) is 0 Å².